The van der Waals surface area contributed by atoms with Crippen molar-refractivity contribution in [1.82, 2.24) is 16.0 Å². The van der Waals surface area contributed by atoms with Crippen molar-refractivity contribution in [2.24, 2.45) is 5.41 Å². The van der Waals surface area contributed by atoms with Crippen molar-refractivity contribution < 1.29 is 27.5 Å². The Morgan fingerprint density at radius 2 is 1.46 bits per heavy atom. The van der Waals surface area contributed by atoms with Crippen LogP contribution in [0.2, 0.25) is 0 Å². The van der Waals surface area contributed by atoms with Gasteiger partial charge in [0.05, 0.1) is 24.0 Å². The van der Waals surface area contributed by atoms with Gasteiger partial charge in [-0.3, -0.25) is 4.79 Å². The summed E-state index contributed by atoms with van der Waals surface area (Å²) < 4.78 is 38.8. The van der Waals surface area contributed by atoms with Gasteiger partial charge in [0.1, 0.15) is 17.2 Å². The Hall–Kier alpha value is -3.98. The van der Waals surface area contributed by atoms with Gasteiger partial charge in [-0.05, 0) is 116 Å². The molecule has 0 aliphatic carbocycles. The molecule has 1 aliphatic rings. The van der Waals surface area contributed by atoms with Gasteiger partial charge < -0.3 is 25.1 Å². The number of carbonyl (C=O) groups excluding carboxylic acids is 2. The van der Waals surface area contributed by atoms with Crippen LogP contribution in [-0.4, -0.2) is 34.7 Å². The van der Waals surface area contributed by atoms with Crippen LogP contribution in [0.25, 0.3) is 0 Å². The summed E-state index contributed by atoms with van der Waals surface area (Å²) in [7, 11) is 0. The van der Waals surface area contributed by atoms with E-state index in [9.17, 15) is 18.4 Å². The van der Waals surface area contributed by atoms with Gasteiger partial charge in [-0.15, -0.1) is 0 Å². The number of amides is 2. The Balaban J connectivity index is 1.80. The summed E-state index contributed by atoms with van der Waals surface area (Å²) in [6.45, 7) is 13.8. The van der Waals surface area contributed by atoms with Crippen LogP contribution in [-0.2, 0) is 22.4 Å². The number of ether oxygens (including phenoxy) is 1. The summed E-state index contributed by atoms with van der Waals surface area (Å²) in [6, 6.07) is 13.1. The number of carbonyl (C=O) groups is 2. The van der Waals surface area contributed by atoms with Gasteiger partial charge in [0, 0.05) is 22.7 Å². The SMILES string of the molecule is CC1(C)CC(NC(=O)C(/C=C/[C@H](NC(=O)OC(C)(C)C)c2ccoc2)(Cc2ccc(F)cc2)Cc2ccc(F)cc2)CC(C)(C)N1. The minimum absolute atomic E-state index is 0.127. The quantitative estimate of drug-likeness (QED) is 0.200. The van der Waals surface area contributed by atoms with E-state index in [0.717, 1.165) is 11.1 Å². The molecule has 2 amide bonds. The number of furan rings is 1. The fourth-order valence-electron chi connectivity index (χ4n) is 6.51. The largest absolute Gasteiger partial charge is 0.472 e. The van der Waals surface area contributed by atoms with Crippen LogP contribution in [0.5, 0.6) is 0 Å². The van der Waals surface area contributed by atoms with Crippen molar-refractivity contribution in [2.45, 2.75) is 103 Å². The predicted octanol–water partition coefficient (Wildman–Crippen LogP) is 7.58. The zero-order chi connectivity index (χ0) is 33.8. The standard InChI is InChI=1S/C37H47F2N3O4/c1-34(2,3)46-33(44)41-31(27-17-19-45-24-27)16-18-37(20-25-8-12-28(38)13-9-25,21-26-10-14-29(39)15-11-26)32(43)40-30-22-35(4,5)42-36(6,7)23-30/h8-19,24,30-31,42H,20-23H2,1-7H3,(H,40,43)(H,41,44)/b18-16+/t31-/m0/s1. The Morgan fingerprint density at radius 3 is 1.91 bits per heavy atom. The molecule has 4 rings (SSSR count). The highest BCUT2D eigenvalue weighted by molar-refractivity contribution is 5.86. The summed E-state index contributed by atoms with van der Waals surface area (Å²) >= 11 is 0. The highest BCUT2D eigenvalue weighted by Crippen LogP contribution is 2.35. The van der Waals surface area contributed by atoms with Crippen LogP contribution >= 0.6 is 0 Å². The summed E-state index contributed by atoms with van der Waals surface area (Å²) in [6.07, 6.45) is 7.83. The molecule has 1 saturated heterocycles. The smallest absolute Gasteiger partial charge is 0.408 e. The first-order chi connectivity index (χ1) is 21.4. The van der Waals surface area contributed by atoms with Crippen molar-refractivity contribution in [1.29, 1.82) is 0 Å². The van der Waals surface area contributed by atoms with Crippen molar-refractivity contribution in [3.63, 3.8) is 0 Å². The molecule has 0 saturated carbocycles. The van der Waals surface area contributed by atoms with Crippen molar-refractivity contribution >= 4 is 12.0 Å². The summed E-state index contributed by atoms with van der Waals surface area (Å²) in [5.41, 5.74) is -0.219. The molecule has 248 valence electrons. The molecule has 3 N–H and O–H groups in total. The lowest BCUT2D eigenvalue weighted by molar-refractivity contribution is -0.130. The molecule has 0 unspecified atom stereocenters. The van der Waals surface area contributed by atoms with Crippen molar-refractivity contribution in [3.8, 4) is 0 Å². The molecule has 7 nitrogen and oxygen atoms in total. The first kappa shape index (κ1) is 34.9. The molecule has 1 aromatic heterocycles. The maximum absolute atomic E-state index is 14.7. The zero-order valence-corrected chi connectivity index (χ0v) is 27.9. The first-order valence-corrected chi connectivity index (χ1v) is 15.7. The van der Waals surface area contributed by atoms with E-state index < -0.39 is 23.2 Å². The van der Waals surface area contributed by atoms with E-state index in [2.05, 4.69) is 43.6 Å². The second-order valence-corrected chi connectivity index (χ2v) is 14.8. The van der Waals surface area contributed by atoms with Crippen LogP contribution in [0, 0.1) is 17.0 Å². The van der Waals surface area contributed by atoms with Gasteiger partial charge >= 0.3 is 6.09 Å². The van der Waals surface area contributed by atoms with E-state index in [0.29, 0.717) is 18.4 Å². The van der Waals surface area contributed by atoms with E-state index in [-0.39, 0.29) is 47.5 Å². The molecule has 1 aliphatic heterocycles. The van der Waals surface area contributed by atoms with E-state index in [4.69, 9.17) is 9.15 Å². The van der Waals surface area contributed by atoms with Gasteiger partial charge in [-0.25, -0.2) is 13.6 Å². The molecular weight excluding hydrogens is 588 g/mol. The van der Waals surface area contributed by atoms with Gasteiger partial charge in [-0.2, -0.15) is 0 Å². The summed E-state index contributed by atoms with van der Waals surface area (Å²) in [4.78, 5) is 27.6. The number of alkyl carbamates (subject to hydrolysis) is 1. The van der Waals surface area contributed by atoms with Crippen LogP contribution < -0.4 is 16.0 Å². The Kier molecular flexibility index (Phi) is 10.5. The third-order valence-corrected chi connectivity index (χ3v) is 8.03. The fourth-order valence-corrected chi connectivity index (χ4v) is 6.51. The molecule has 0 bridgehead atoms. The van der Waals surface area contributed by atoms with Gasteiger partial charge in [0.25, 0.3) is 0 Å². The van der Waals surface area contributed by atoms with E-state index >= 15 is 0 Å². The first-order valence-electron chi connectivity index (χ1n) is 15.7. The normalized spacial score (nSPS) is 17.4. The number of piperidine rings is 1. The minimum Gasteiger partial charge on any atom is -0.472 e. The molecule has 2 heterocycles. The Bertz CT molecular complexity index is 1430. The van der Waals surface area contributed by atoms with Gasteiger partial charge in [0.15, 0.2) is 0 Å². The molecule has 0 spiro atoms. The summed E-state index contributed by atoms with van der Waals surface area (Å²) in [5, 5.41) is 9.90. The molecule has 46 heavy (non-hydrogen) atoms. The van der Waals surface area contributed by atoms with Crippen LogP contribution in [0.3, 0.4) is 0 Å². The average Bonchev–Trinajstić information content (AvgIpc) is 3.45. The lowest BCUT2D eigenvalue weighted by Gasteiger charge is -2.47. The lowest BCUT2D eigenvalue weighted by atomic mass is 9.73. The van der Waals surface area contributed by atoms with Crippen LogP contribution in [0.1, 0.15) is 84.0 Å². The molecule has 3 aromatic rings. The van der Waals surface area contributed by atoms with E-state index in [1.165, 1.54) is 36.8 Å². The number of nitrogens with one attached hydrogen (secondary N) is 3. The van der Waals surface area contributed by atoms with E-state index in [1.807, 2.05) is 0 Å². The fraction of sp³-hybridized carbons (Fsp3) is 0.459. The molecular formula is C37H47F2N3O4. The summed E-state index contributed by atoms with van der Waals surface area (Å²) in [5.74, 6) is -0.985. The number of hydrogen-bond donors (Lipinski definition) is 3. The average molecular weight is 636 g/mol. The number of benzene rings is 2. The third kappa shape index (κ3) is 10.0. The molecule has 1 atom stereocenters. The van der Waals surface area contributed by atoms with Gasteiger partial charge in [0.2, 0.25) is 5.91 Å². The molecule has 2 aromatic carbocycles. The van der Waals surface area contributed by atoms with Crippen molar-refractivity contribution in [2.75, 3.05) is 0 Å². The van der Waals surface area contributed by atoms with Crippen LogP contribution in [0.15, 0.2) is 83.7 Å². The van der Waals surface area contributed by atoms with Crippen LogP contribution in [0.4, 0.5) is 13.6 Å². The predicted molar refractivity (Wildman–Crippen MR) is 175 cm³/mol. The van der Waals surface area contributed by atoms with Gasteiger partial charge in [-0.1, -0.05) is 36.4 Å². The highest BCUT2D eigenvalue weighted by atomic mass is 19.1. The number of hydrogen-bond acceptors (Lipinski definition) is 5. The lowest BCUT2D eigenvalue weighted by Crippen LogP contribution is -2.63. The second kappa shape index (κ2) is 13.8. The second-order valence-electron chi connectivity index (χ2n) is 14.8. The monoisotopic (exact) mass is 635 g/mol. The molecule has 0 radical (unpaired) electrons. The number of rotatable bonds is 10. The Labute approximate surface area is 271 Å². The maximum atomic E-state index is 14.7. The molecule has 1 fully saturated rings. The minimum atomic E-state index is -1.22. The topological polar surface area (TPSA) is 92.6 Å². The Morgan fingerprint density at radius 1 is 0.935 bits per heavy atom. The third-order valence-electron chi connectivity index (χ3n) is 8.03. The molecule has 9 heteroatoms. The maximum Gasteiger partial charge on any atom is 0.408 e. The number of halogens is 2. The van der Waals surface area contributed by atoms with E-state index in [1.54, 1.807) is 63.3 Å². The highest BCUT2D eigenvalue weighted by Gasteiger charge is 2.42. The zero-order valence-electron chi connectivity index (χ0n) is 27.9. The van der Waals surface area contributed by atoms with Crippen molar-refractivity contribution in [3.05, 3.63) is 108 Å².